The summed E-state index contributed by atoms with van der Waals surface area (Å²) in [5.41, 5.74) is 5.31. The number of hydrogen-bond acceptors (Lipinski definition) is 2. The van der Waals surface area contributed by atoms with Crippen molar-refractivity contribution in [2.45, 2.75) is 32.5 Å². The average Bonchev–Trinajstić information content (AvgIpc) is 2.16. The summed E-state index contributed by atoms with van der Waals surface area (Å²) >= 11 is 0. The van der Waals surface area contributed by atoms with Crippen molar-refractivity contribution in [3.8, 4) is 0 Å². The molecule has 0 aliphatic rings. The van der Waals surface area contributed by atoms with Crippen LogP contribution in [0.3, 0.4) is 0 Å². The van der Waals surface area contributed by atoms with Gasteiger partial charge in [0, 0.05) is 18.2 Å². The van der Waals surface area contributed by atoms with E-state index in [0.29, 0.717) is 12.1 Å². The van der Waals surface area contributed by atoms with E-state index in [-0.39, 0.29) is 12.0 Å². The van der Waals surface area contributed by atoms with Crippen LogP contribution in [0.5, 0.6) is 0 Å². The SMILES string of the molecule is CC(C)C(N)Cc1cccc(C(F)(F)F)n1. The lowest BCUT2D eigenvalue weighted by atomic mass is 10.00. The second-order valence-electron chi connectivity index (χ2n) is 4.12. The van der Waals surface area contributed by atoms with Gasteiger partial charge in [-0.3, -0.25) is 0 Å². The number of hydrogen-bond donors (Lipinski definition) is 1. The van der Waals surface area contributed by atoms with Gasteiger partial charge in [-0.25, -0.2) is 4.98 Å². The van der Waals surface area contributed by atoms with Crippen LogP contribution in [0.2, 0.25) is 0 Å². The first-order chi connectivity index (χ1) is 7.30. The van der Waals surface area contributed by atoms with Crippen molar-refractivity contribution in [1.29, 1.82) is 0 Å². The van der Waals surface area contributed by atoms with Gasteiger partial charge in [0.2, 0.25) is 0 Å². The van der Waals surface area contributed by atoms with Gasteiger partial charge in [0.1, 0.15) is 5.69 Å². The molecule has 5 heteroatoms. The molecule has 1 rings (SSSR count). The van der Waals surface area contributed by atoms with E-state index < -0.39 is 11.9 Å². The van der Waals surface area contributed by atoms with E-state index in [9.17, 15) is 13.2 Å². The molecule has 1 heterocycles. The number of aromatic nitrogens is 1. The van der Waals surface area contributed by atoms with Crippen LogP contribution in [0.25, 0.3) is 0 Å². The van der Waals surface area contributed by atoms with E-state index in [1.165, 1.54) is 6.07 Å². The van der Waals surface area contributed by atoms with Crippen molar-refractivity contribution in [1.82, 2.24) is 4.98 Å². The van der Waals surface area contributed by atoms with Gasteiger partial charge in [0.15, 0.2) is 0 Å². The van der Waals surface area contributed by atoms with Crippen molar-refractivity contribution in [3.63, 3.8) is 0 Å². The summed E-state index contributed by atoms with van der Waals surface area (Å²) in [6.45, 7) is 3.86. The van der Waals surface area contributed by atoms with Gasteiger partial charge in [0.25, 0.3) is 0 Å². The molecular weight excluding hydrogens is 217 g/mol. The lowest BCUT2D eigenvalue weighted by Crippen LogP contribution is -2.29. The molecule has 0 saturated carbocycles. The Morgan fingerprint density at radius 3 is 2.44 bits per heavy atom. The smallest absolute Gasteiger partial charge is 0.327 e. The average molecular weight is 232 g/mol. The van der Waals surface area contributed by atoms with Gasteiger partial charge in [0.05, 0.1) is 0 Å². The van der Waals surface area contributed by atoms with Gasteiger partial charge >= 0.3 is 6.18 Å². The fraction of sp³-hybridized carbons (Fsp3) is 0.545. The van der Waals surface area contributed by atoms with Crippen molar-refractivity contribution >= 4 is 0 Å². The number of alkyl halides is 3. The molecule has 0 amide bonds. The van der Waals surface area contributed by atoms with E-state index >= 15 is 0 Å². The Morgan fingerprint density at radius 1 is 1.31 bits per heavy atom. The van der Waals surface area contributed by atoms with Gasteiger partial charge in [-0.1, -0.05) is 19.9 Å². The molecule has 1 atom stereocenters. The maximum Gasteiger partial charge on any atom is 0.433 e. The lowest BCUT2D eigenvalue weighted by Gasteiger charge is -2.15. The summed E-state index contributed by atoms with van der Waals surface area (Å²) in [4.78, 5) is 3.56. The fourth-order valence-electron chi connectivity index (χ4n) is 1.23. The number of rotatable bonds is 3. The minimum Gasteiger partial charge on any atom is -0.327 e. The Balaban J connectivity index is 2.83. The third-order valence-corrected chi connectivity index (χ3v) is 2.40. The maximum atomic E-state index is 12.4. The molecule has 1 aromatic rings. The van der Waals surface area contributed by atoms with Crippen molar-refractivity contribution in [2.75, 3.05) is 0 Å². The van der Waals surface area contributed by atoms with Crippen LogP contribution in [0, 0.1) is 5.92 Å². The summed E-state index contributed by atoms with van der Waals surface area (Å²) in [7, 11) is 0. The number of pyridine rings is 1. The first-order valence-electron chi connectivity index (χ1n) is 5.09. The van der Waals surface area contributed by atoms with E-state index in [1.807, 2.05) is 13.8 Å². The second kappa shape index (κ2) is 4.82. The van der Waals surface area contributed by atoms with Gasteiger partial charge in [-0.15, -0.1) is 0 Å². The van der Waals surface area contributed by atoms with Crippen LogP contribution in [0.15, 0.2) is 18.2 Å². The van der Waals surface area contributed by atoms with Crippen molar-refractivity contribution < 1.29 is 13.2 Å². The minimum atomic E-state index is -4.39. The molecule has 2 N–H and O–H groups in total. The lowest BCUT2D eigenvalue weighted by molar-refractivity contribution is -0.141. The Labute approximate surface area is 92.7 Å². The summed E-state index contributed by atoms with van der Waals surface area (Å²) in [5.74, 6) is 0.219. The highest BCUT2D eigenvalue weighted by molar-refractivity contribution is 5.14. The molecule has 0 saturated heterocycles. The van der Waals surface area contributed by atoms with Crippen molar-refractivity contribution in [3.05, 3.63) is 29.6 Å². The largest absolute Gasteiger partial charge is 0.433 e. The minimum absolute atomic E-state index is 0.170. The highest BCUT2D eigenvalue weighted by atomic mass is 19.4. The van der Waals surface area contributed by atoms with Crippen LogP contribution in [-0.4, -0.2) is 11.0 Å². The maximum absolute atomic E-state index is 12.4. The predicted molar refractivity (Wildman–Crippen MR) is 55.8 cm³/mol. The second-order valence-corrected chi connectivity index (χ2v) is 4.12. The predicted octanol–water partition coefficient (Wildman–Crippen LogP) is 2.63. The van der Waals surface area contributed by atoms with Gasteiger partial charge in [-0.2, -0.15) is 13.2 Å². The monoisotopic (exact) mass is 232 g/mol. The summed E-state index contributed by atoms with van der Waals surface area (Å²) in [5, 5.41) is 0. The van der Waals surface area contributed by atoms with Crippen LogP contribution in [-0.2, 0) is 12.6 Å². The molecule has 0 aliphatic carbocycles. The van der Waals surface area contributed by atoms with Crippen LogP contribution < -0.4 is 5.73 Å². The number of halogens is 3. The Bertz CT molecular complexity index is 347. The van der Waals surface area contributed by atoms with Crippen LogP contribution in [0.4, 0.5) is 13.2 Å². The fourth-order valence-corrected chi connectivity index (χ4v) is 1.23. The zero-order chi connectivity index (χ0) is 12.3. The van der Waals surface area contributed by atoms with Crippen LogP contribution >= 0.6 is 0 Å². The molecule has 0 bridgehead atoms. The Kier molecular flexibility index (Phi) is 3.91. The van der Waals surface area contributed by atoms with Crippen molar-refractivity contribution in [2.24, 2.45) is 11.7 Å². The summed E-state index contributed by atoms with van der Waals surface area (Å²) < 4.78 is 37.1. The molecule has 0 aliphatic heterocycles. The first kappa shape index (κ1) is 13.0. The Hall–Kier alpha value is -1.10. The molecule has 1 aromatic heterocycles. The number of nitrogens with zero attached hydrogens (tertiary/aromatic N) is 1. The van der Waals surface area contributed by atoms with Gasteiger partial charge < -0.3 is 5.73 Å². The highest BCUT2D eigenvalue weighted by Gasteiger charge is 2.32. The quantitative estimate of drug-likeness (QED) is 0.870. The van der Waals surface area contributed by atoms with Gasteiger partial charge in [-0.05, 0) is 18.1 Å². The van der Waals surface area contributed by atoms with E-state index in [2.05, 4.69) is 4.98 Å². The highest BCUT2D eigenvalue weighted by Crippen LogP contribution is 2.27. The summed E-state index contributed by atoms with van der Waals surface area (Å²) in [6, 6.07) is 3.72. The molecular formula is C11H15F3N2. The molecule has 0 spiro atoms. The molecule has 0 radical (unpaired) electrons. The topological polar surface area (TPSA) is 38.9 Å². The van der Waals surface area contributed by atoms with Crippen LogP contribution in [0.1, 0.15) is 25.2 Å². The third kappa shape index (κ3) is 3.48. The molecule has 1 unspecified atom stereocenters. The zero-order valence-corrected chi connectivity index (χ0v) is 9.25. The zero-order valence-electron chi connectivity index (χ0n) is 9.25. The number of nitrogens with two attached hydrogens (primary N) is 1. The molecule has 0 aromatic carbocycles. The normalized spacial score (nSPS) is 14.2. The first-order valence-corrected chi connectivity index (χ1v) is 5.09. The molecule has 90 valence electrons. The Morgan fingerprint density at radius 2 is 1.94 bits per heavy atom. The molecule has 0 fully saturated rings. The molecule has 2 nitrogen and oxygen atoms in total. The summed E-state index contributed by atoms with van der Waals surface area (Å²) in [6.07, 6.45) is -4.03. The van der Waals surface area contributed by atoms with E-state index in [1.54, 1.807) is 6.07 Å². The standard InChI is InChI=1S/C11H15F3N2/c1-7(2)9(15)6-8-4-3-5-10(16-8)11(12,13)14/h3-5,7,9H,6,15H2,1-2H3. The third-order valence-electron chi connectivity index (χ3n) is 2.40. The molecule has 16 heavy (non-hydrogen) atoms. The van der Waals surface area contributed by atoms with E-state index in [0.717, 1.165) is 6.07 Å². The van der Waals surface area contributed by atoms with E-state index in [4.69, 9.17) is 5.73 Å².